The lowest BCUT2D eigenvalue weighted by atomic mass is 10.3. The van der Waals surface area contributed by atoms with Crippen LogP contribution >= 0.6 is 15.9 Å². The number of anilines is 2. The zero-order chi connectivity index (χ0) is 11.5. The van der Waals surface area contributed by atoms with Gasteiger partial charge in [0.15, 0.2) is 0 Å². The Morgan fingerprint density at radius 3 is 2.69 bits per heavy atom. The van der Waals surface area contributed by atoms with Gasteiger partial charge >= 0.3 is 0 Å². The van der Waals surface area contributed by atoms with Gasteiger partial charge in [-0.1, -0.05) is 0 Å². The zero-order valence-corrected chi connectivity index (χ0v) is 10.7. The highest BCUT2D eigenvalue weighted by Crippen LogP contribution is 2.26. The van der Waals surface area contributed by atoms with Crippen molar-refractivity contribution in [3.05, 3.63) is 46.3 Å². The average Bonchev–Trinajstić information content (AvgIpc) is 2.28. The van der Waals surface area contributed by atoms with Crippen LogP contribution in [-0.2, 0) is 0 Å². The molecule has 0 atom stereocenters. The van der Waals surface area contributed by atoms with Crippen LogP contribution in [-0.4, -0.2) is 9.97 Å². The zero-order valence-electron chi connectivity index (χ0n) is 9.16. The molecule has 0 saturated heterocycles. The summed E-state index contributed by atoms with van der Waals surface area (Å²) in [5.74, 6) is 0.816. The molecular weight excluding hydrogens is 266 g/mol. The molecule has 0 aromatic carbocycles. The predicted molar refractivity (Wildman–Crippen MR) is 68.9 cm³/mol. The Bertz CT molecular complexity index is 511. The first-order valence-corrected chi connectivity index (χ1v) is 5.77. The summed E-state index contributed by atoms with van der Waals surface area (Å²) in [4.78, 5) is 8.51. The van der Waals surface area contributed by atoms with Gasteiger partial charge in [-0.15, -0.1) is 0 Å². The number of aromatic nitrogens is 2. The molecule has 0 amide bonds. The van der Waals surface area contributed by atoms with Crippen LogP contribution in [0.3, 0.4) is 0 Å². The third kappa shape index (κ3) is 2.22. The molecule has 82 valence electrons. The van der Waals surface area contributed by atoms with E-state index in [9.17, 15) is 0 Å². The topological polar surface area (TPSA) is 37.8 Å². The van der Waals surface area contributed by atoms with Gasteiger partial charge in [0.1, 0.15) is 5.82 Å². The summed E-state index contributed by atoms with van der Waals surface area (Å²) in [5, 5.41) is 3.26. The molecule has 0 aliphatic rings. The number of nitrogens with zero attached hydrogens (tertiary/aromatic N) is 2. The normalized spacial score (nSPS) is 10.2. The lowest BCUT2D eigenvalue weighted by Gasteiger charge is -2.10. The first-order valence-electron chi connectivity index (χ1n) is 4.98. The maximum atomic E-state index is 4.29. The van der Waals surface area contributed by atoms with Gasteiger partial charge in [-0.2, -0.15) is 0 Å². The van der Waals surface area contributed by atoms with Crippen molar-refractivity contribution in [3.63, 3.8) is 0 Å². The van der Waals surface area contributed by atoms with Crippen LogP contribution < -0.4 is 5.32 Å². The molecule has 0 bridgehead atoms. The predicted octanol–water partition coefficient (Wildman–Crippen LogP) is 3.60. The standard InChI is InChI=1S/C12H12BrN3/c1-8-5-7-15-12(11(8)13)16-10-4-3-6-14-9(10)2/h3-7H,1-2H3,(H,15,16). The molecule has 4 heteroatoms. The Kier molecular flexibility index (Phi) is 3.19. The second-order valence-corrected chi connectivity index (χ2v) is 4.34. The van der Waals surface area contributed by atoms with E-state index in [1.54, 1.807) is 12.4 Å². The monoisotopic (exact) mass is 277 g/mol. The number of hydrogen-bond donors (Lipinski definition) is 1. The summed E-state index contributed by atoms with van der Waals surface area (Å²) in [6, 6.07) is 5.85. The highest BCUT2D eigenvalue weighted by Gasteiger charge is 2.05. The Morgan fingerprint density at radius 1 is 1.12 bits per heavy atom. The van der Waals surface area contributed by atoms with Crippen molar-refractivity contribution in [1.82, 2.24) is 9.97 Å². The van der Waals surface area contributed by atoms with E-state index in [-0.39, 0.29) is 0 Å². The van der Waals surface area contributed by atoms with Gasteiger partial charge in [-0.3, -0.25) is 4.98 Å². The van der Waals surface area contributed by atoms with Crippen molar-refractivity contribution in [2.45, 2.75) is 13.8 Å². The number of rotatable bonds is 2. The third-order valence-corrected chi connectivity index (χ3v) is 3.34. The molecule has 2 aromatic rings. The minimum atomic E-state index is 0.816. The minimum Gasteiger partial charge on any atom is -0.338 e. The van der Waals surface area contributed by atoms with Crippen molar-refractivity contribution in [2.75, 3.05) is 5.32 Å². The summed E-state index contributed by atoms with van der Waals surface area (Å²) in [7, 11) is 0. The average molecular weight is 278 g/mol. The third-order valence-electron chi connectivity index (χ3n) is 2.34. The lowest BCUT2D eigenvalue weighted by molar-refractivity contribution is 1.18. The quantitative estimate of drug-likeness (QED) is 0.912. The van der Waals surface area contributed by atoms with Gasteiger partial charge in [0, 0.05) is 12.4 Å². The highest BCUT2D eigenvalue weighted by atomic mass is 79.9. The van der Waals surface area contributed by atoms with E-state index in [0.29, 0.717) is 0 Å². The fourth-order valence-corrected chi connectivity index (χ4v) is 1.70. The molecule has 0 aliphatic heterocycles. The van der Waals surface area contributed by atoms with Gasteiger partial charge in [-0.25, -0.2) is 4.98 Å². The molecule has 2 aromatic heterocycles. The maximum Gasteiger partial charge on any atom is 0.144 e. The number of halogens is 1. The maximum absolute atomic E-state index is 4.29. The minimum absolute atomic E-state index is 0.816. The van der Waals surface area contributed by atoms with Crippen LogP contribution in [0, 0.1) is 13.8 Å². The fourth-order valence-electron chi connectivity index (χ4n) is 1.37. The second-order valence-electron chi connectivity index (χ2n) is 3.55. The Labute approximate surface area is 103 Å². The summed E-state index contributed by atoms with van der Waals surface area (Å²) in [6.07, 6.45) is 3.56. The summed E-state index contributed by atoms with van der Waals surface area (Å²) in [5.41, 5.74) is 3.08. The molecule has 1 N–H and O–H groups in total. The highest BCUT2D eigenvalue weighted by molar-refractivity contribution is 9.10. The molecule has 0 radical (unpaired) electrons. The van der Waals surface area contributed by atoms with Gasteiger partial charge in [0.2, 0.25) is 0 Å². The fraction of sp³-hybridized carbons (Fsp3) is 0.167. The number of aryl methyl sites for hydroxylation is 2. The van der Waals surface area contributed by atoms with Crippen LogP contribution in [0.4, 0.5) is 11.5 Å². The van der Waals surface area contributed by atoms with Crippen molar-refractivity contribution < 1.29 is 0 Å². The lowest BCUT2D eigenvalue weighted by Crippen LogP contribution is -1.98. The molecule has 2 rings (SSSR count). The number of nitrogens with one attached hydrogen (secondary N) is 1. The van der Waals surface area contributed by atoms with E-state index in [0.717, 1.165) is 27.2 Å². The Balaban J connectivity index is 2.35. The number of hydrogen-bond acceptors (Lipinski definition) is 3. The second kappa shape index (κ2) is 4.61. The van der Waals surface area contributed by atoms with Gasteiger partial charge in [0.25, 0.3) is 0 Å². The molecule has 16 heavy (non-hydrogen) atoms. The van der Waals surface area contributed by atoms with Gasteiger partial charge in [-0.05, 0) is 53.5 Å². The largest absolute Gasteiger partial charge is 0.338 e. The molecule has 0 fully saturated rings. The van der Waals surface area contributed by atoms with Crippen molar-refractivity contribution >= 4 is 27.4 Å². The smallest absolute Gasteiger partial charge is 0.144 e. The number of pyridine rings is 2. The van der Waals surface area contributed by atoms with E-state index in [1.807, 2.05) is 32.0 Å². The van der Waals surface area contributed by atoms with E-state index in [4.69, 9.17) is 0 Å². The molecule has 0 spiro atoms. The van der Waals surface area contributed by atoms with Crippen molar-refractivity contribution in [2.24, 2.45) is 0 Å². The first kappa shape index (κ1) is 11.1. The van der Waals surface area contributed by atoms with Crippen LogP contribution in [0.15, 0.2) is 35.1 Å². The molecule has 0 unspecified atom stereocenters. The van der Waals surface area contributed by atoms with E-state index >= 15 is 0 Å². The molecular formula is C12H12BrN3. The van der Waals surface area contributed by atoms with Crippen LogP contribution in [0.25, 0.3) is 0 Å². The van der Waals surface area contributed by atoms with E-state index in [1.165, 1.54) is 0 Å². The van der Waals surface area contributed by atoms with Gasteiger partial charge in [0.05, 0.1) is 15.9 Å². The van der Waals surface area contributed by atoms with Crippen molar-refractivity contribution in [1.29, 1.82) is 0 Å². The summed E-state index contributed by atoms with van der Waals surface area (Å²) in [6.45, 7) is 4.00. The molecule has 3 nitrogen and oxygen atoms in total. The molecule has 0 saturated carbocycles. The molecule has 2 heterocycles. The summed E-state index contributed by atoms with van der Waals surface area (Å²) >= 11 is 3.52. The van der Waals surface area contributed by atoms with Crippen LogP contribution in [0.5, 0.6) is 0 Å². The Hall–Kier alpha value is -1.42. The van der Waals surface area contributed by atoms with Crippen LogP contribution in [0.1, 0.15) is 11.3 Å². The summed E-state index contributed by atoms with van der Waals surface area (Å²) < 4.78 is 0.984. The SMILES string of the molecule is Cc1ccnc(Nc2cccnc2C)c1Br. The van der Waals surface area contributed by atoms with E-state index < -0.39 is 0 Å². The van der Waals surface area contributed by atoms with Crippen LogP contribution in [0.2, 0.25) is 0 Å². The first-order chi connectivity index (χ1) is 7.68. The van der Waals surface area contributed by atoms with Crippen molar-refractivity contribution in [3.8, 4) is 0 Å². The Morgan fingerprint density at radius 2 is 1.94 bits per heavy atom. The van der Waals surface area contributed by atoms with Gasteiger partial charge < -0.3 is 5.32 Å². The molecule has 0 aliphatic carbocycles. The van der Waals surface area contributed by atoms with E-state index in [2.05, 4.69) is 31.2 Å².